The summed E-state index contributed by atoms with van der Waals surface area (Å²) in [6.07, 6.45) is 19.8. The lowest BCUT2D eigenvalue weighted by Gasteiger charge is -2.54. The van der Waals surface area contributed by atoms with Crippen LogP contribution < -0.4 is 31.9 Å². The number of amides is 8. The van der Waals surface area contributed by atoms with Gasteiger partial charge in [0.2, 0.25) is 0 Å². The number of carbonyl (C=O) groups is 8. The maximum Gasteiger partial charge on any atom is 0.283 e. The summed E-state index contributed by atoms with van der Waals surface area (Å²) >= 11 is 5.03. The summed E-state index contributed by atoms with van der Waals surface area (Å²) in [5.41, 5.74) is 8.56. The number of nitrogens with one attached hydrogen (secondary N) is 6. The highest BCUT2D eigenvalue weighted by molar-refractivity contribution is 7.18. The van der Waals surface area contributed by atoms with Gasteiger partial charge in [-0.2, -0.15) is 0 Å². The third-order valence-electron chi connectivity index (χ3n) is 27.1. The molecule has 8 aliphatic heterocycles. The molecule has 0 aromatic carbocycles. The van der Waals surface area contributed by atoms with Crippen molar-refractivity contribution in [2.24, 2.45) is 5.41 Å². The minimum absolute atomic E-state index is 0.0935. The van der Waals surface area contributed by atoms with Crippen molar-refractivity contribution >= 4 is 116 Å². The van der Waals surface area contributed by atoms with E-state index in [4.69, 9.17) is 9.47 Å². The third-order valence-corrected chi connectivity index (χ3v) is 31.4. The van der Waals surface area contributed by atoms with Gasteiger partial charge in [0.05, 0.1) is 82.1 Å². The summed E-state index contributed by atoms with van der Waals surface area (Å²) in [6, 6.07) is 9.20. The van der Waals surface area contributed by atoms with Gasteiger partial charge >= 0.3 is 0 Å². The topological polar surface area (TPSA) is 390 Å². The highest BCUT2D eigenvalue weighted by Gasteiger charge is 2.53. The number of thiazole rings is 4. The van der Waals surface area contributed by atoms with Crippen LogP contribution in [0.3, 0.4) is 0 Å². The quantitative estimate of drug-likeness (QED) is 0.0278. The molecular weight excluding hydrogens is 1750 g/mol. The van der Waals surface area contributed by atoms with Crippen molar-refractivity contribution in [3.63, 3.8) is 0 Å². The molecule has 36 heteroatoms. The second-order valence-corrected chi connectivity index (χ2v) is 42.3. The molecule has 0 unspecified atom stereocenters. The maximum absolute atomic E-state index is 13.6. The lowest BCUT2D eigenvalue weighted by molar-refractivity contribution is -0.209. The predicted octanol–water partition coefficient (Wildman–Crippen LogP) is 14.2. The van der Waals surface area contributed by atoms with E-state index < -0.39 is 12.2 Å². The van der Waals surface area contributed by atoms with E-state index in [1.165, 1.54) is 45.3 Å². The van der Waals surface area contributed by atoms with Crippen LogP contribution in [0.25, 0.3) is 41.8 Å². The van der Waals surface area contributed by atoms with E-state index in [-0.39, 0.29) is 117 Å². The van der Waals surface area contributed by atoms with Crippen LogP contribution in [0.15, 0.2) is 49.1 Å². The highest BCUT2D eigenvalue weighted by Crippen LogP contribution is 2.45. The smallest absolute Gasteiger partial charge is 0.283 e. The minimum Gasteiger partial charge on any atom is -0.391 e. The number of nitrogens with zero attached hydrogens (tertiary/aromatic N) is 14. The van der Waals surface area contributed by atoms with Crippen LogP contribution in [-0.4, -0.2) is 277 Å². The fourth-order valence-electron chi connectivity index (χ4n) is 18.2. The lowest BCUT2D eigenvalue weighted by atomic mass is 9.78. The van der Waals surface area contributed by atoms with Gasteiger partial charge in [-0.3, -0.25) is 38.4 Å². The minimum atomic E-state index is -0.516. The van der Waals surface area contributed by atoms with E-state index in [9.17, 15) is 48.6 Å². The third kappa shape index (κ3) is 21.0. The summed E-state index contributed by atoms with van der Waals surface area (Å²) < 4.78 is 11.0. The van der Waals surface area contributed by atoms with Crippen LogP contribution in [0.4, 0.5) is 23.3 Å². The first-order valence-electron chi connectivity index (χ1n) is 47.1. The molecule has 8 N–H and O–H groups in total. The molecule has 2 saturated carbocycles. The van der Waals surface area contributed by atoms with E-state index in [0.717, 1.165) is 194 Å². The summed E-state index contributed by atoms with van der Waals surface area (Å²) in [5, 5.41) is 39.9. The number of hydrogen-bond acceptors (Lipinski definition) is 28. The number of aliphatic hydroxyl groups excluding tert-OH is 2. The zero-order valence-corrected chi connectivity index (χ0v) is 82.1. The molecule has 10 aliphatic rings. The molecule has 16 heterocycles. The Hall–Kier alpha value is -10.1. The Morgan fingerprint density at radius 2 is 0.720 bits per heavy atom. The number of aryl methyl sites for hydroxylation is 4. The molecule has 132 heavy (non-hydrogen) atoms. The summed E-state index contributed by atoms with van der Waals surface area (Å²) in [4.78, 5) is 156. The van der Waals surface area contributed by atoms with Gasteiger partial charge in [-0.15, -0.1) is 45.3 Å². The Balaban J connectivity index is 0.000000135. The molecule has 0 bridgehead atoms. The Labute approximate surface area is 788 Å². The number of carbonyl (C=O) groups excluding carboxylic acids is 8. The fraction of sp³-hybridized carbons (Fsp3) is 0.583. The first-order chi connectivity index (χ1) is 63.1. The van der Waals surface area contributed by atoms with Crippen LogP contribution in [0, 0.1) is 33.1 Å². The highest BCUT2D eigenvalue weighted by atomic mass is 32.1. The van der Waals surface area contributed by atoms with Gasteiger partial charge in [0.25, 0.3) is 47.3 Å². The van der Waals surface area contributed by atoms with Gasteiger partial charge in [0.15, 0.2) is 20.0 Å². The molecule has 8 amide bonds. The van der Waals surface area contributed by atoms with E-state index in [1.807, 2.05) is 118 Å². The van der Waals surface area contributed by atoms with Gasteiger partial charge in [-0.25, -0.2) is 39.9 Å². The van der Waals surface area contributed by atoms with E-state index >= 15 is 0 Å². The first-order valence-corrected chi connectivity index (χ1v) is 50.3. The zero-order chi connectivity index (χ0) is 94.1. The van der Waals surface area contributed by atoms with E-state index in [1.54, 1.807) is 29.7 Å². The van der Waals surface area contributed by atoms with Gasteiger partial charge in [-0.1, -0.05) is 13.8 Å². The van der Waals surface area contributed by atoms with Crippen LogP contribution in [-0.2, 0) is 9.47 Å². The van der Waals surface area contributed by atoms with Crippen molar-refractivity contribution in [3.8, 4) is 41.8 Å². The number of anilines is 4. The van der Waals surface area contributed by atoms with Crippen LogP contribution >= 0.6 is 45.3 Å². The molecule has 0 radical (unpaired) electrons. The number of ether oxygens (including phenoxy) is 2. The van der Waals surface area contributed by atoms with E-state index in [2.05, 4.69) is 113 Å². The van der Waals surface area contributed by atoms with Gasteiger partial charge in [0.1, 0.15) is 51.6 Å². The SMILES string of the molecule is CC[C@@H](C)Nc1cc(C)c(-c2sc(C(=O)N3CC4(CCO4)C3)nc2C(=O)N2CCC[C@@H]2C)cn1.CC[C@@H](C)Nc1cc(C)c(-c2sc(C(=O)N3CC4(COC4)C3)nc2C(=O)N2CCC[C@@H]2C)cn1.Cc1cc(NC(C)C)ncc1-c1sc(C(=O)N[C@H]2CC[C@@H]2O)nc1C(=O)N1CCC[C@@H]1C.Cc1cc(NC(C)C)ncc1-c1sc(C(=O)N[C@H]2CC[C@H]2O)nc1C(=O)N1CCC[C@@H]1C. The van der Waals surface area contributed by atoms with Crippen LogP contribution in [0.1, 0.15) is 283 Å². The van der Waals surface area contributed by atoms with Crippen molar-refractivity contribution in [3.05, 3.63) is 114 Å². The number of aromatic nitrogens is 8. The molecule has 8 aromatic rings. The first kappa shape index (κ1) is 96.5. The van der Waals surface area contributed by atoms with Crippen molar-refractivity contribution in [1.29, 1.82) is 0 Å². The Morgan fingerprint density at radius 3 is 0.955 bits per heavy atom. The lowest BCUT2D eigenvalue weighted by Crippen LogP contribution is -2.69. The standard InChI is InChI=1S/2C25H33N5O3S.2C23H31N5O3S/c1-5-16(3)27-19-11-15(2)18(12-26-19)21-20(23(31)30-9-6-7-17(30)4)28-22(34-21)24(32)29-13-25(14-29)8-10-33-25;1-5-16(3)27-19-9-15(2)18(10-26-19)21-20(23(31)30-8-6-7-17(30)4)28-22(34-21)24(32)29-11-25(12-29)13-33-14-25;2*1-12(2)25-18-10-13(3)15(11-24-18)20-19(23(31)28-9-5-6-14(28)4)27-22(32-20)21(30)26-16-7-8-17(16)29/h11-12,16-17H,5-10,13-14H2,1-4H3,(H,26,27);9-10,16-17H,5-8,11-14H2,1-4H3,(H,26,27);2*10-12,14,16-17,29H,5-9H2,1-4H3,(H,24,25)(H,26,30)/t2*16-,17+;14-,16-,17+;14-,16-,17-/m1100/s1. The molecule has 2 spiro atoms. The Kier molecular flexibility index (Phi) is 30.0. The monoisotopic (exact) mass is 1880 g/mol. The molecule has 8 saturated heterocycles. The van der Waals surface area contributed by atoms with E-state index in [0.29, 0.717) is 107 Å². The number of pyridine rings is 4. The summed E-state index contributed by atoms with van der Waals surface area (Å²) in [7, 11) is 0. The molecule has 708 valence electrons. The predicted molar refractivity (Wildman–Crippen MR) is 515 cm³/mol. The van der Waals surface area contributed by atoms with Crippen molar-refractivity contribution in [2.45, 2.75) is 285 Å². The fourth-order valence-corrected chi connectivity index (χ4v) is 22.5. The number of aliphatic hydroxyl groups is 2. The van der Waals surface area contributed by atoms with Crippen molar-refractivity contribution in [1.82, 2.24) is 79.9 Å². The Bertz CT molecular complexity index is 5260. The average molecular weight is 1880 g/mol. The normalized spacial score (nSPS) is 22.2. The molecule has 32 nitrogen and oxygen atoms in total. The largest absolute Gasteiger partial charge is 0.391 e. The zero-order valence-electron chi connectivity index (χ0n) is 78.8. The number of likely N-dealkylation sites (tertiary alicyclic amines) is 6. The average Bonchev–Trinajstić information content (AvgIpc) is 1.13. The van der Waals surface area contributed by atoms with Gasteiger partial charge in [-0.05, 0) is 233 Å². The van der Waals surface area contributed by atoms with Gasteiger partial charge in [0, 0.05) is 141 Å². The maximum atomic E-state index is 13.6. The molecule has 10 fully saturated rings. The molecule has 10 atom stereocenters. The molecular formula is C96H128N20O12S4. The molecule has 18 rings (SSSR count). The van der Waals surface area contributed by atoms with Crippen molar-refractivity contribution < 1.29 is 58.0 Å². The Morgan fingerprint density at radius 1 is 0.424 bits per heavy atom. The number of hydrogen-bond donors (Lipinski definition) is 8. The second kappa shape index (κ2) is 41.0. The second-order valence-electron chi connectivity index (χ2n) is 38.3. The van der Waals surface area contributed by atoms with Crippen LogP contribution in [0.2, 0.25) is 0 Å². The molecule has 2 aliphatic carbocycles. The van der Waals surface area contributed by atoms with Crippen LogP contribution in [0.5, 0.6) is 0 Å². The summed E-state index contributed by atoms with van der Waals surface area (Å²) in [6.45, 7) is 40.5. The molecule has 8 aromatic heterocycles. The number of rotatable bonds is 24. The van der Waals surface area contributed by atoms with Gasteiger partial charge < -0.3 is 81.0 Å². The summed E-state index contributed by atoms with van der Waals surface area (Å²) in [5.74, 6) is 1.75. The van der Waals surface area contributed by atoms with Crippen molar-refractivity contribution in [2.75, 3.05) is 93.4 Å².